The second-order valence-corrected chi connectivity index (χ2v) is 4.98. The lowest BCUT2D eigenvalue weighted by Gasteiger charge is -2.34. The van der Waals surface area contributed by atoms with Crippen LogP contribution in [0.25, 0.3) is 0 Å². The highest BCUT2D eigenvalue weighted by atomic mass is 35.5. The highest BCUT2D eigenvalue weighted by Gasteiger charge is 2.27. The zero-order valence-corrected chi connectivity index (χ0v) is 12.6. The van der Waals surface area contributed by atoms with Crippen LogP contribution >= 0.6 is 11.6 Å². The number of rotatable bonds is 4. The number of nitrogens with zero attached hydrogens (tertiary/aromatic N) is 1. The normalized spacial score (nSPS) is 18.1. The molecule has 0 fully saturated rings. The van der Waals surface area contributed by atoms with E-state index in [1.165, 1.54) is 16.7 Å². The smallest absolute Gasteiger partial charge is 0.243 e. The van der Waals surface area contributed by atoms with E-state index in [1.54, 1.807) is 12.0 Å². The number of carbonyl (C=O) groups excluding carboxylic acids is 1. The maximum absolute atomic E-state index is 12.0. The Morgan fingerprint density at radius 2 is 1.94 bits per heavy atom. The number of ether oxygens (including phenoxy) is 1. The second kappa shape index (κ2) is 6.39. The molecule has 0 aromatic carbocycles. The molecular formula is C14H22ClNO2. The number of alkyl halides is 1. The van der Waals surface area contributed by atoms with Gasteiger partial charge in [0.25, 0.3) is 0 Å². The maximum atomic E-state index is 12.0. The van der Waals surface area contributed by atoms with Gasteiger partial charge < -0.3 is 4.74 Å². The molecule has 0 saturated carbocycles. The number of allylic oxidation sites excluding steroid dienone is 4. The molecule has 1 aliphatic carbocycles. The van der Waals surface area contributed by atoms with E-state index in [4.69, 9.17) is 16.3 Å². The monoisotopic (exact) mass is 271 g/mol. The minimum Gasteiger partial charge on any atom is -0.361 e. The standard InChI is InChI=1S/C14H22ClNO2/c1-9-6-7-13(11(3)10(9)2)16(12(4)18-5)14(17)8-15/h12H,6-8H2,1-5H3. The molecule has 0 aliphatic heterocycles. The molecule has 0 heterocycles. The summed E-state index contributed by atoms with van der Waals surface area (Å²) in [4.78, 5) is 13.7. The van der Waals surface area contributed by atoms with Crippen molar-refractivity contribution in [1.82, 2.24) is 4.90 Å². The second-order valence-electron chi connectivity index (χ2n) is 4.71. The van der Waals surface area contributed by atoms with Crippen LogP contribution in [0, 0.1) is 0 Å². The molecule has 0 aromatic heterocycles. The van der Waals surface area contributed by atoms with E-state index in [0.29, 0.717) is 0 Å². The molecule has 1 rings (SSSR count). The number of amides is 1. The molecular weight excluding hydrogens is 250 g/mol. The van der Waals surface area contributed by atoms with Crippen LogP contribution in [0.2, 0.25) is 0 Å². The summed E-state index contributed by atoms with van der Waals surface area (Å²) in [5.74, 6) is -0.126. The Morgan fingerprint density at radius 1 is 1.33 bits per heavy atom. The van der Waals surface area contributed by atoms with Gasteiger partial charge in [0.05, 0.1) is 0 Å². The Hall–Kier alpha value is -0.800. The van der Waals surface area contributed by atoms with Gasteiger partial charge in [-0.15, -0.1) is 11.6 Å². The van der Waals surface area contributed by atoms with Gasteiger partial charge in [0.1, 0.15) is 12.1 Å². The summed E-state index contributed by atoms with van der Waals surface area (Å²) in [6.45, 7) is 8.17. The van der Waals surface area contributed by atoms with Crippen molar-refractivity contribution < 1.29 is 9.53 Å². The highest BCUT2D eigenvalue weighted by molar-refractivity contribution is 6.27. The number of hydrogen-bond donors (Lipinski definition) is 0. The molecule has 1 amide bonds. The summed E-state index contributed by atoms with van der Waals surface area (Å²) in [5.41, 5.74) is 4.87. The van der Waals surface area contributed by atoms with E-state index in [2.05, 4.69) is 20.8 Å². The molecule has 3 nitrogen and oxygen atoms in total. The molecule has 1 atom stereocenters. The van der Waals surface area contributed by atoms with Gasteiger partial charge >= 0.3 is 0 Å². The molecule has 0 aromatic rings. The number of halogens is 1. The fraction of sp³-hybridized carbons (Fsp3) is 0.643. The Morgan fingerprint density at radius 3 is 2.44 bits per heavy atom. The predicted octanol–water partition coefficient (Wildman–Crippen LogP) is 3.45. The van der Waals surface area contributed by atoms with Crippen LogP contribution in [0.1, 0.15) is 40.5 Å². The quantitative estimate of drug-likeness (QED) is 0.579. The third-order valence-electron chi connectivity index (χ3n) is 3.75. The molecule has 0 saturated heterocycles. The van der Waals surface area contributed by atoms with Gasteiger partial charge in [-0.3, -0.25) is 9.69 Å². The average Bonchev–Trinajstić information content (AvgIpc) is 2.38. The Balaban J connectivity index is 3.18. The lowest BCUT2D eigenvalue weighted by molar-refractivity contribution is -0.136. The Kier molecular flexibility index (Phi) is 5.42. The number of methoxy groups -OCH3 is 1. The van der Waals surface area contributed by atoms with Gasteiger partial charge in [-0.05, 0) is 51.7 Å². The van der Waals surface area contributed by atoms with Crippen molar-refractivity contribution in [3.8, 4) is 0 Å². The van der Waals surface area contributed by atoms with Crippen molar-refractivity contribution in [3.05, 3.63) is 22.4 Å². The third-order valence-corrected chi connectivity index (χ3v) is 3.98. The number of hydrogen-bond acceptors (Lipinski definition) is 2. The molecule has 4 heteroatoms. The fourth-order valence-electron chi connectivity index (χ4n) is 2.26. The third kappa shape index (κ3) is 2.96. The minimum absolute atomic E-state index is 0.0216. The average molecular weight is 272 g/mol. The molecule has 1 unspecified atom stereocenters. The summed E-state index contributed by atoms with van der Waals surface area (Å²) in [6, 6.07) is 0. The maximum Gasteiger partial charge on any atom is 0.243 e. The Labute approximate surface area is 114 Å². The van der Waals surface area contributed by atoms with Crippen molar-refractivity contribution in [2.75, 3.05) is 13.0 Å². The first-order valence-electron chi connectivity index (χ1n) is 6.21. The van der Waals surface area contributed by atoms with E-state index in [9.17, 15) is 4.79 Å². The molecule has 1 aliphatic rings. The summed E-state index contributed by atoms with van der Waals surface area (Å²) in [7, 11) is 1.60. The van der Waals surface area contributed by atoms with Crippen LogP contribution in [-0.4, -0.2) is 30.0 Å². The fourth-order valence-corrected chi connectivity index (χ4v) is 2.39. The molecule has 0 N–H and O–H groups in total. The summed E-state index contributed by atoms with van der Waals surface area (Å²) >= 11 is 5.70. The van der Waals surface area contributed by atoms with E-state index in [1.807, 2.05) is 6.92 Å². The largest absolute Gasteiger partial charge is 0.361 e. The van der Waals surface area contributed by atoms with E-state index in [-0.39, 0.29) is 18.0 Å². The molecule has 0 radical (unpaired) electrons. The summed E-state index contributed by atoms with van der Waals surface area (Å²) in [6.07, 6.45) is 1.57. The van der Waals surface area contributed by atoms with Gasteiger partial charge in [-0.25, -0.2) is 0 Å². The van der Waals surface area contributed by atoms with Crippen molar-refractivity contribution in [2.24, 2.45) is 0 Å². The van der Waals surface area contributed by atoms with Crippen LogP contribution in [0.4, 0.5) is 0 Å². The Bertz CT molecular complexity index is 399. The van der Waals surface area contributed by atoms with Crippen LogP contribution < -0.4 is 0 Å². The van der Waals surface area contributed by atoms with E-state index < -0.39 is 0 Å². The summed E-state index contributed by atoms with van der Waals surface area (Å²) < 4.78 is 5.30. The molecule has 102 valence electrons. The first kappa shape index (κ1) is 15.3. The van der Waals surface area contributed by atoms with Crippen molar-refractivity contribution in [3.63, 3.8) is 0 Å². The van der Waals surface area contributed by atoms with Crippen molar-refractivity contribution >= 4 is 17.5 Å². The molecule has 0 bridgehead atoms. The first-order chi connectivity index (χ1) is 8.43. The SMILES string of the molecule is COC(C)N(C(=O)CCl)C1=C(C)C(C)=C(C)CC1. The van der Waals surface area contributed by atoms with Crippen LogP contribution in [0.15, 0.2) is 22.4 Å². The topological polar surface area (TPSA) is 29.5 Å². The van der Waals surface area contributed by atoms with Crippen LogP contribution in [0.3, 0.4) is 0 Å². The van der Waals surface area contributed by atoms with Gasteiger partial charge in [0.15, 0.2) is 0 Å². The van der Waals surface area contributed by atoms with Gasteiger partial charge in [-0.1, -0.05) is 5.57 Å². The minimum atomic E-state index is -0.285. The lowest BCUT2D eigenvalue weighted by Crippen LogP contribution is -2.40. The zero-order valence-electron chi connectivity index (χ0n) is 11.8. The lowest BCUT2D eigenvalue weighted by atomic mass is 9.90. The van der Waals surface area contributed by atoms with Gasteiger partial charge in [0.2, 0.25) is 5.91 Å². The predicted molar refractivity (Wildman–Crippen MR) is 74.3 cm³/mol. The van der Waals surface area contributed by atoms with E-state index >= 15 is 0 Å². The van der Waals surface area contributed by atoms with Crippen LogP contribution in [0.5, 0.6) is 0 Å². The summed E-state index contributed by atoms with van der Waals surface area (Å²) in [5, 5.41) is 0. The number of carbonyl (C=O) groups is 1. The van der Waals surface area contributed by atoms with Crippen molar-refractivity contribution in [2.45, 2.75) is 46.8 Å². The van der Waals surface area contributed by atoms with Crippen LogP contribution in [-0.2, 0) is 9.53 Å². The highest BCUT2D eigenvalue weighted by Crippen LogP contribution is 2.32. The van der Waals surface area contributed by atoms with E-state index in [0.717, 1.165) is 18.5 Å². The molecule has 0 spiro atoms. The zero-order chi connectivity index (χ0) is 13.9. The first-order valence-corrected chi connectivity index (χ1v) is 6.74. The van der Waals surface area contributed by atoms with Gasteiger partial charge in [-0.2, -0.15) is 0 Å². The van der Waals surface area contributed by atoms with Crippen molar-refractivity contribution in [1.29, 1.82) is 0 Å². The molecule has 18 heavy (non-hydrogen) atoms. The van der Waals surface area contributed by atoms with Gasteiger partial charge in [0, 0.05) is 12.8 Å².